The number of carbonyl (C=O) groups is 1. The fraction of sp³-hybridized carbons (Fsp3) is 0.100. The molecule has 134 valence electrons. The lowest BCUT2D eigenvalue weighted by molar-refractivity contribution is 0.251. The van der Waals surface area contributed by atoms with Gasteiger partial charge in [0.05, 0.1) is 5.69 Å². The van der Waals surface area contributed by atoms with E-state index < -0.39 is 0 Å². The summed E-state index contributed by atoms with van der Waals surface area (Å²) in [7, 11) is 0. The Morgan fingerprint density at radius 3 is 2.70 bits per heavy atom. The highest BCUT2D eigenvalue weighted by atomic mass is 16.2. The number of anilines is 1. The molecular formula is C20H18N6O. The smallest absolute Gasteiger partial charge is 0.319 e. The first-order valence-corrected chi connectivity index (χ1v) is 8.57. The van der Waals surface area contributed by atoms with E-state index in [4.69, 9.17) is 0 Å². The molecule has 0 fully saturated rings. The lowest BCUT2D eigenvalue weighted by atomic mass is 10.1. The Kier molecular flexibility index (Phi) is 4.49. The second-order valence-corrected chi connectivity index (χ2v) is 6.11. The Hall–Kier alpha value is -3.74. The largest absolute Gasteiger partial charge is 0.334 e. The normalized spacial score (nSPS) is 10.7. The first-order chi connectivity index (χ1) is 13.2. The molecule has 27 heavy (non-hydrogen) atoms. The molecule has 2 amide bonds. The zero-order valence-electron chi connectivity index (χ0n) is 14.8. The predicted octanol–water partition coefficient (Wildman–Crippen LogP) is 3.42. The van der Waals surface area contributed by atoms with Crippen LogP contribution in [0.4, 0.5) is 10.5 Å². The van der Waals surface area contributed by atoms with Crippen molar-refractivity contribution in [1.82, 2.24) is 25.1 Å². The van der Waals surface area contributed by atoms with Crippen molar-refractivity contribution >= 4 is 17.4 Å². The number of rotatable bonds is 4. The van der Waals surface area contributed by atoms with Gasteiger partial charge in [-0.3, -0.25) is 0 Å². The molecule has 0 aliphatic carbocycles. The maximum atomic E-state index is 12.2. The van der Waals surface area contributed by atoms with Crippen LogP contribution in [0, 0.1) is 6.92 Å². The number of aryl methyl sites for hydroxylation is 1. The zero-order chi connectivity index (χ0) is 18.6. The number of hydrogen-bond acceptors (Lipinski definition) is 4. The maximum Gasteiger partial charge on any atom is 0.319 e. The molecule has 2 N–H and O–H groups in total. The number of carbonyl (C=O) groups excluding carboxylic acids is 1. The summed E-state index contributed by atoms with van der Waals surface area (Å²) in [5.41, 5.74) is 4.11. The fourth-order valence-electron chi connectivity index (χ4n) is 2.76. The molecule has 2 aromatic heterocycles. The van der Waals surface area contributed by atoms with Gasteiger partial charge in [0.2, 0.25) is 0 Å². The second kappa shape index (κ2) is 7.25. The number of aromatic nitrogens is 4. The van der Waals surface area contributed by atoms with E-state index in [1.807, 2.05) is 73.7 Å². The summed E-state index contributed by atoms with van der Waals surface area (Å²) < 4.78 is 1.70. The van der Waals surface area contributed by atoms with Gasteiger partial charge in [-0.05, 0) is 36.8 Å². The summed E-state index contributed by atoms with van der Waals surface area (Å²) in [4.78, 5) is 12.2. The number of urea groups is 1. The highest BCUT2D eigenvalue weighted by Gasteiger charge is 2.07. The molecule has 0 radical (unpaired) electrons. The zero-order valence-corrected chi connectivity index (χ0v) is 14.8. The monoisotopic (exact) mass is 358 g/mol. The molecule has 0 unspecified atom stereocenters. The van der Waals surface area contributed by atoms with Crippen molar-refractivity contribution in [2.75, 3.05) is 5.32 Å². The molecular weight excluding hydrogens is 340 g/mol. The molecule has 0 saturated heterocycles. The average Bonchev–Trinajstić information content (AvgIpc) is 3.08. The van der Waals surface area contributed by atoms with Crippen molar-refractivity contribution in [3.63, 3.8) is 0 Å². The molecule has 7 heteroatoms. The summed E-state index contributed by atoms with van der Waals surface area (Å²) in [6.07, 6.45) is 0. The van der Waals surface area contributed by atoms with Gasteiger partial charge in [0.15, 0.2) is 11.5 Å². The molecule has 2 aromatic carbocycles. The number of fused-ring (bicyclic) bond motifs is 1. The van der Waals surface area contributed by atoms with E-state index in [9.17, 15) is 4.79 Å². The predicted molar refractivity (Wildman–Crippen MR) is 103 cm³/mol. The van der Waals surface area contributed by atoms with Crippen LogP contribution in [0.2, 0.25) is 0 Å². The average molecular weight is 358 g/mol. The number of amides is 2. The lowest BCUT2D eigenvalue weighted by Gasteiger charge is -2.09. The number of nitrogens with zero attached hydrogens (tertiary/aromatic N) is 4. The summed E-state index contributed by atoms with van der Waals surface area (Å²) in [5.74, 6) is 0.724. The minimum Gasteiger partial charge on any atom is -0.334 e. The lowest BCUT2D eigenvalue weighted by Crippen LogP contribution is -2.28. The third-order valence-corrected chi connectivity index (χ3v) is 4.13. The SMILES string of the molecule is Cc1nnc2ccc(-c3cccc(NC(=O)NCc4ccccc4)c3)nn12. The maximum absolute atomic E-state index is 12.2. The van der Waals surface area contributed by atoms with Crippen molar-refractivity contribution in [1.29, 1.82) is 0 Å². The van der Waals surface area contributed by atoms with Crippen LogP contribution >= 0.6 is 0 Å². The van der Waals surface area contributed by atoms with Crippen LogP contribution in [0.1, 0.15) is 11.4 Å². The van der Waals surface area contributed by atoms with Crippen LogP contribution in [0.5, 0.6) is 0 Å². The minimum absolute atomic E-state index is 0.255. The highest BCUT2D eigenvalue weighted by Crippen LogP contribution is 2.21. The molecule has 0 aliphatic rings. The van der Waals surface area contributed by atoms with E-state index in [0.29, 0.717) is 17.9 Å². The molecule has 4 rings (SSSR count). The van der Waals surface area contributed by atoms with Gasteiger partial charge in [0.1, 0.15) is 0 Å². The molecule has 4 aromatic rings. The van der Waals surface area contributed by atoms with Gasteiger partial charge in [-0.2, -0.15) is 9.61 Å². The van der Waals surface area contributed by atoms with Gasteiger partial charge in [-0.1, -0.05) is 42.5 Å². The van der Waals surface area contributed by atoms with E-state index in [0.717, 1.165) is 22.6 Å². The van der Waals surface area contributed by atoms with Crippen molar-refractivity contribution in [3.8, 4) is 11.3 Å². The quantitative estimate of drug-likeness (QED) is 0.585. The van der Waals surface area contributed by atoms with E-state index in [-0.39, 0.29) is 6.03 Å². The third-order valence-electron chi connectivity index (χ3n) is 4.13. The van der Waals surface area contributed by atoms with Crippen LogP contribution in [0.15, 0.2) is 66.7 Å². The minimum atomic E-state index is -0.255. The van der Waals surface area contributed by atoms with E-state index >= 15 is 0 Å². The van der Waals surface area contributed by atoms with Gasteiger partial charge >= 0.3 is 6.03 Å². The number of hydrogen-bond donors (Lipinski definition) is 2. The van der Waals surface area contributed by atoms with Crippen LogP contribution in [-0.4, -0.2) is 25.8 Å². The van der Waals surface area contributed by atoms with Gasteiger partial charge in [-0.25, -0.2) is 4.79 Å². The molecule has 0 bridgehead atoms. The molecule has 0 saturated carbocycles. The summed E-state index contributed by atoms with van der Waals surface area (Å²) >= 11 is 0. The van der Waals surface area contributed by atoms with Gasteiger partial charge < -0.3 is 10.6 Å². The third kappa shape index (κ3) is 3.77. The Morgan fingerprint density at radius 2 is 1.85 bits per heavy atom. The van der Waals surface area contributed by atoms with Crippen LogP contribution in [0.25, 0.3) is 16.9 Å². The summed E-state index contributed by atoms with van der Waals surface area (Å²) in [6, 6.07) is 20.8. The van der Waals surface area contributed by atoms with Crippen molar-refractivity contribution in [2.24, 2.45) is 0 Å². The van der Waals surface area contributed by atoms with E-state index in [1.54, 1.807) is 4.52 Å². The summed E-state index contributed by atoms with van der Waals surface area (Å²) in [6.45, 7) is 2.32. The van der Waals surface area contributed by atoms with Crippen molar-refractivity contribution < 1.29 is 4.79 Å². The molecule has 2 heterocycles. The molecule has 0 atom stereocenters. The van der Waals surface area contributed by atoms with Gasteiger partial charge in [0, 0.05) is 17.8 Å². The first kappa shape index (κ1) is 16.7. The van der Waals surface area contributed by atoms with E-state index in [2.05, 4.69) is 25.9 Å². The number of nitrogens with one attached hydrogen (secondary N) is 2. The van der Waals surface area contributed by atoms with Gasteiger partial charge in [-0.15, -0.1) is 10.2 Å². The Bertz CT molecular complexity index is 1090. The summed E-state index contributed by atoms with van der Waals surface area (Å²) in [5, 5.41) is 18.3. The molecule has 0 aliphatic heterocycles. The van der Waals surface area contributed by atoms with Crippen molar-refractivity contribution in [3.05, 3.63) is 78.1 Å². The molecule has 7 nitrogen and oxygen atoms in total. The van der Waals surface area contributed by atoms with Crippen LogP contribution in [-0.2, 0) is 6.54 Å². The Balaban J connectivity index is 1.48. The Labute approximate surface area is 156 Å². The topological polar surface area (TPSA) is 84.2 Å². The first-order valence-electron chi connectivity index (χ1n) is 8.57. The Morgan fingerprint density at radius 1 is 1.00 bits per heavy atom. The standard InChI is InChI=1S/C20H18N6O/c1-14-23-24-19-11-10-18(25-26(14)19)16-8-5-9-17(12-16)22-20(27)21-13-15-6-3-2-4-7-15/h2-12H,13H2,1H3,(H2,21,22,27). The second-order valence-electron chi connectivity index (χ2n) is 6.11. The number of benzene rings is 2. The van der Waals surface area contributed by atoms with E-state index in [1.165, 1.54) is 0 Å². The van der Waals surface area contributed by atoms with Gasteiger partial charge in [0.25, 0.3) is 0 Å². The van der Waals surface area contributed by atoms with Crippen LogP contribution < -0.4 is 10.6 Å². The highest BCUT2D eigenvalue weighted by molar-refractivity contribution is 5.90. The fourth-order valence-corrected chi connectivity index (χ4v) is 2.76. The van der Waals surface area contributed by atoms with Crippen LogP contribution in [0.3, 0.4) is 0 Å². The molecule has 0 spiro atoms. The van der Waals surface area contributed by atoms with Crippen molar-refractivity contribution in [2.45, 2.75) is 13.5 Å².